The third-order valence-corrected chi connectivity index (χ3v) is 6.80. The number of aryl methyl sites for hydroxylation is 2. The summed E-state index contributed by atoms with van der Waals surface area (Å²) in [4.78, 5) is 27.5. The number of thiazole rings is 1. The number of benzene rings is 1. The second-order valence-electron chi connectivity index (χ2n) is 8.83. The first-order chi connectivity index (χ1) is 15.2. The summed E-state index contributed by atoms with van der Waals surface area (Å²) < 4.78 is 0. The van der Waals surface area contributed by atoms with Gasteiger partial charge in [-0.3, -0.25) is 14.9 Å². The molecule has 0 saturated heterocycles. The molecule has 1 N–H and O–H groups in total. The smallest absolute Gasteiger partial charge is 0.273 e. The van der Waals surface area contributed by atoms with Crippen LogP contribution in [0.2, 0.25) is 0 Å². The van der Waals surface area contributed by atoms with Crippen LogP contribution in [0.4, 0.5) is 0 Å². The fraction of sp³-hybridized carbons (Fsp3) is 0.417. The van der Waals surface area contributed by atoms with Gasteiger partial charge < -0.3 is 9.80 Å². The van der Waals surface area contributed by atoms with Gasteiger partial charge in [-0.1, -0.05) is 17.7 Å². The van der Waals surface area contributed by atoms with Crippen molar-refractivity contribution < 1.29 is 4.79 Å². The Labute approximate surface area is 192 Å². The van der Waals surface area contributed by atoms with E-state index in [0.29, 0.717) is 12.2 Å². The van der Waals surface area contributed by atoms with Gasteiger partial charge in [0.1, 0.15) is 16.4 Å². The number of nitrogens with zero attached hydrogens (tertiary/aromatic N) is 5. The average molecular weight is 451 g/mol. The maximum Gasteiger partial charge on any atom is 0.273 e. The Morgan fingerprint density at radius 2 is 2.00 bits per heavy atom. The molecule has 4 rings (SSSR count). The fourth-order valence-electron chi connectivity index (χ4n) is 3.80. The highest BCUT2D eigenvalue weighted by Gasteiger charge is 2.26. The lowest BCUT2D eigenvalue weighted by atomic mass is 10.1. The number of dihydropyridines is 1. The molecular formula is C24H30N6OS. The van der Waals surface area contributed by atoms with Crippen LogP contribution in [0.3, 0.4) is 0 Å². The largest absolute Gasteiger partial charge is 0.339 e. The fourth-order valence-corrected chi connectivity index (χ4v) is 4.88. The minimum atomic E-state index is -0.0755. The Bertz CT molecular complexity index is 1220. The van der Waals surface area contributed by atoms with Gasteiger partial charge in [0.2, 0.25) is 0 Å². The Balaban J connectivity index is 1.80. The van der Waals surface area contributed by atoms with Crippen LogP contribution < -0.4 is 0 Å². The molecule has 1 aliphatic heterocycles. The lowest BCUT2D eigenvalue weighted by Crippen LogP contribution is -2.34. The summed E-state index contributed by atoms with van der Waals surface area (Å²) in [5.41, 5.74) is 5.53. The number of allylic oxidation sites excluding steroid dienone is 1. The normalized spacial score (nSPS) is 16.1. The zero-order valence-corrected chi connectivity index (χ0v) is 20.4. The van der Waals surface area contributed by atoms with Crippen molar-refractivity contribution in [2.45, 2.75) is 33.2 Å². The van der Waals surface area contributed by atoms with Crippen LogP contribution in [0.1, 0.15) is 39.8 Å². The van der Waals surface area contributed by atoms with Gasteiger partial charge in [-0.15, -0.1) is 11.3 Å². The van der Waals surface area contributed by atoms with Crippen molar-refractivity contribution in [3.05, 3.63) is 39.9 Å². The second-order valence-corrected chi connectivity index (χ2v) is 9.82. The molecule has 0 fully saturated rings. The predicted octanol–water partition coefficient (Wildman–Crippen LogP) is 4.18. The molecule has 3 heterocycles. The van der Waals surface area contributed by atoms with E-state index in [-0.39, 0.29) is 11.9 Å². The Morgan fingerprint density at radius 3 is 2.69 bits per heavy atom. The monoisotopic (exact) mass is 450 g/mol. The van der Waals surface area contributed by atoms with Crippen molar-refractivity contribution in [3.8, 4) is 10.7 Å². The highest BCUT2D eigenvalue weighted by atomic mass is 32.1. The van der Waals surface area contributed by atoms with Crippen molar-refractivity contribution in [2.24, 2.45) is 4.99 Å². The summed E-state index contributed by atoms with van der Waals surface area (Å²) in [5, 5.41) is 9.49. The zero-order chi connectivity index (χ0) is 23.0. The molecule has 0 radical (unpaired) electrons. The van der Waals surface area contributed by atoms with Gasteiger partial charge in [0.25, 0.3) is 5.91 Å². The topological polar surface area (TPSA) is 77.5 Å². The summed E-state index contributed by atoms with van der Waals surface area (Å²) in [6, 6.07) is 4.51. The van der Waals surface area contributed by atoms with Gasteiger partial charge in [-0.25, -0.2) is 4.98 Å². The summed E-state index contributed by atoms with van der Waals surface area (Å²) in [6.45, 7) is 7.65. The lowest BCUT2D eigenvalue weighted by molar-refractivity contribution is 0.0781. The molecule has 7 nitrogen and oxygen atoms in total. The lowest BCUT2D eigenvalue weighted by Gasteiger charge is -2.19. The number of H-pyrrole nitrogens is 1. The maximum absolute atomic E-state index is 13.4. The first-order valence-corrected chi connectivity index (χ1v) is 11.7. The van der Waals surface area contributed by atoms with Gasteiger partial charge in [0.15, 0.2) is 0 Å². The number of aromatic nitrogens is 3. The molecule has 0 spiro atoms. The third-order valence-electron chi connectivity index (χ3n) is 5.68. The van der Waals surface area contributed by atoms with Crippen LogP contribution in [-0.4, -0.2) is 77.4 Å². The van der Waals surface area contributed by atoms with E-state index in [2.05, 4.69) is 59.1 Å². The van der Waals surface area contributed by atoms with E-state index >= 15 is 0 Å². The van der Waals surface area contributed by atoms with Crippen LogP contribution >= 0.6 is 11.3 Å². The number of hydrogen-bond donors (Lipinski definition) is 1. The molecule has 3 aromatic rings. The molecule has 1 atom stereocenters. The number of carbonyl (C=O) groups excluding carboxylic acids is 1. The predicted molar refractivity (Wildman–Crippen MR) is 133 cm³/mol. The molecule has 0 aliphatic carbocycles. The average Bonchev–Trinajstić information content (AvgIpc) is 3.36. The number of aromatic amines is 1. The molecule has 2 aromatic heterocycles. The zero-order valence-electron chi connectivity index (χ0n) is 19.6. The number of rotatable bonds is 6. The van der Waals surface area contributed by atoms with E-state index in [1.807, 2.05) is 27.4 Å². The Hall–Kier alpha value is -2.84. The number of aliphatic imine (C=N–C) groups is 1. The SMILES string of the molecule is Cc1cc(C)c2n[nH]c(-c3nc(C(=O)N(C)CCN(C)C)c(C4=CCC(C)N=C4)s3)c2c1. The molecule has 1 amide bonds. The van der Waals surface area contributed by atoms with Crippen LogP contribution in [0.5, 0.6) is 0 Å². The minimum Gasteiger partial charge on any atom is -0.339 e. The van der Waals surface area contributed by atoms with Gasteiger partial charge in [-0.05, 0) is 52.9 Å². The van der Waals surface area contributed by atoms with Crippen LogP contribution in [0.15, 0.2) is 23.2 Å². The molecule has 0 saturated carbocycles. The van der Waals surface area contributed by atoms with Gasteiger partial charge >= 0.3 is 0 Å². The van der Waals surface area contributed by atoms with E-state index in [9.17, 15) is 4.79 Å². The van der Waals surface area contributed by atoms with E-state index in [0.717, 1.165) is 50.6 Å². The number of hydrogen-bond acceptors (Lipinski definition) is 6. The van der Waals surface area contributed by atoms with E-state index < -0.39 is 0 Å². The summed E-state index contributed by atoms with van der Waals surface area (Å²) in [5.74, 6) is -0.0755. The van der Waals surface area contributed by atoms with E-state index in [4.69, 9.17) is 4.98 Å². The van der Waals surface area contributed by atoms with Crippen molar-refractivity contribution in [1.29, 1.82) is 0 Å². The molecule has 1 aliphatic rings. The molecule has 1 aromatic carbocycles. The summed E-state index contributed by atoms with van der Waals surface area (Å²) in [7, 11) is 5.84. The van der Waals surface area contributed by atoms with Gasteiger partial charge in [0, 0.05) is 37.3 Å². The number of likely N-dealkylation sites (N-methyl/N-ethyl adjacent to an activating group) is 2. The van der Waals surface area contributed by atoms with Crippen LogP contribution in [-0.2, 0) is 0 Å². The highest BCUT2D eigenvalue weighted by Crippen LogP contribution is 2.37. The maximum atomic E-state index is 13.4. The van der Waals surface area contributed by atoms with Crippen LogP contribution in [0.25, 0.3) is 27.2 Å². The molecule has 1 unspecified atom stereocenters. The minimum absolute atomic E-state index is 0.0755. The van der Waals surface area contributed by atoms with Crippen LogP contribution in [0, 0.1) is 13.8 Å². The van der Waals surface area contributed by atoms with E-state index in [1.165, 1.54) is 16.9 Å². The molecule has 8 heteroatoms. The highest BCUT2D eigenvalue weighted by molar-refractivity contribution is 7.16. The summed E-state index contributed by atoms with van der Waals surface area (Å²) >= 11 is 1.52. The number of amides is 1. The number of fused-ring (bicyclic) bond motifs is 1. The Kier molecular flexibility index (Phi) is 6.26. The first-order valence-electron chi connectivity index (χ1n) is 10.8. The standard InChI is InChI=1S/C24H30N6OS/c1-14-11-15(2)19-18(12-14)20(28-27-19)23-26-21(24(31)30(6)10-9-29(4)5)22(32-23)17-8-7-16(3)25-13-17/h8,11-13,16H,7,9-10H2,1-6H3,(H,27,28). The molecular weight excluding hydrogens is 420 g/mol. The van der Waals surface area contributed by atoms with E-state index in [1.54, 1.807) is 4.90 Å². The van der Waals surface area contributed by atoms with Crippen molar-refractivity contribution in [3.63, 3.8) is 0 Å². The Morgan fingerprint density at radius 1 is 1.22 bits per heavy atom. The summed E-state index contributed by atoms with van der Waals surface area (Å²) in [6.07, 6.45) is 4.89. The van der Waals surface area contributed by atoms with Crippen molar-refractivity contribution in [2.75, 3.05) is 34.2 Å². The first kappa shape index (κ1) is 22.4. The van der Waals surface area contributed by atoms with Gasteiger partial charge in [-0.2, -0.15) is 5.10 Å². The molecule has 32 heavy (non-hydrogen) atoms. The molecule has 0 bridgehead atoms. The third kappa shape index (κ3) is 4.38. The number of carbonyl (C=O) groups is 1. The van der Waals surface area contributed by atoms with Crippen molar-refractivity contribution >= 4 is 39.9 Å². The second kappa shape index (κ2) is 8.96. The van der Waals surface area contributed by atoms with Crippen molar-refractivity contribution in [1.82, 2.24) is 25.0 Å². The number of nitrogens with one attached hydrogen (secondary N) is 1. The quantitative estimate of drug-likeness (QED) is 0.611. The van der Waals surface area contributed by atoms with Gasteiger partial charge in [0.05, 0.1) is 16.4 Å². The molecule has 168 valence electrons.